The van der Waals surface area contributed by atoms with Crippen molar-refractivity contribution in [2.24, 2.45) is 0 Å². The topological polar surface area (TPSA) is 94.4 Å². The van der Waals surface area contributed by atoms with Gasteiger partial charge in [-0.1, -0.05) is 17.7 Å². The second kappa shape index (κ2) is 8.57. The molecule has 2 aromatic carbocycles. The number of amides is 1. The molecular formula is C19H16FN3O4S. The van der Waals surface area contributed by atoms with E-state index in [1.807, 2.05) is 31.2 Å². The number of nitro groups is 1. The highest BCUT2D eigenvalue weighted by Gasteiger charge is 2.17. The quantitative estimate of drug-likeness (QED) is 0.472. The van der Waals surface area contributed by atoms with Crippen molar-refractivity contribution in [3.05, 3.63) is 80.0 Å². The Morgan fingerprint density at radius 2 is 2.04 bits per heavy atom. The van der Waals surface area contributed by atoms with Crippen LogP contribution in [0.5, 0.6) is 5.75 Å². The number of nitro benzene ring substituents is 1. The molecule has 144 valence electrons. The second-order valence-electron chi connectivity index (χ2n) is 5.98. The van der Waals surface area contributed by atoms with Crippen molar-refractivity contribution in [3.63, 3.8) is 0 Å². The predicted octanol–water partition coefficient (Wildman–Crippen LogP) is 4.26. The van der Waals surface area contributed by atoms with Gasteiger partial charge in [-0.05, 0) is 25.1 Å². The molecule has 0 fully saturated rings. The van der Waals surface area contributed by atoms with E-state index in [2.05, 4.69) is 10.3 Å². The summed E-state index contributed by atoms with van der Waals surface area (Å²) in [6.07, 6.45) is 0.0959. The zero-order chi connectivity index (χ0) is 20.1. The van der Waals surface area contributed by atoms with Gasteiger partial charge >= 0.3 is 5.69 Å². The first-order valence-corrected chi connectivity index (χ1v) is 9.15. The summed E-state index contributed by atoms with van der Waals surface area (Å²) in [4.78, 5) is 26.7. The van der Waals surface area contributed by atoms with Crippen molar-refractivity contribution in [2.45, 2.75) is 20.0 Å². The molecular weight excluding hydrogens is 385 g/mol. The van der Waals surface area contributed by atoms with Gasteiger partial charge in [-0.3, -0.25) is 14.9 Å². The van der Waals surface area contributed by atoms with E-state index >= 15 is 0 Å². The number of aryl methyl sites for hydroxylation is 1. The molecule has 1 N–H and O–H groups in total. The maximum atomic E-state index is 13.3. The molecule has 1 aromatic heterocycles. The normalized spacial score (nSPS) is 10.5. The molecule has 0 aliphatic carbocycles. The first kappa shape index (κ1) is 19.4. The smallest absolute Gasteiger partial charge is 0.311 e. The number of nitrogens with one attached hydrogen (secondary N) is 1. The average molecular weight is 401 g/mol. The number of nitrogens with zero attached hydrogens (tertiary/aromatic N) is 2. The van der Waals surface area contributed by atoms with Gasteiger partial charge in [0, 0.05) is 23.2 Å². The van der Waals surface area contributed by atoms with Gasteiger partial charge in [0.15, 0.2) is 5.75 Å². The summed E-state index contributed by atoms with van der Waals surface area (Å²) < 4.78 is 18.7. The van der Waals surface area contributed by atoms with Gasteiger partial charge in [0.05, 0.1) is 17.0 Å². The molecule has 3 rings (SSSR count). The van der Waals surface area contributed by atoms with Crippen LogP contribution in [-0.4, -0.2) is 15.8 Å². The summed E-state index contributed by atoms with van der Waals surface area (Å²) in [6.45, 7) is 1.89. The van der Waals surface area contributed by atoms with Gasteiger partial charge in [-0.2, -0.15) is 0 Å². The summed E-state index contributed by atoms with van der Waals surface area (Å²) in [5.41, 5.74) is 1.98. The minimum atomic E-state index is -0.642. The van der Waals surface area contributed by atoms with Crippen LogP contribution in [0.1, 0.15) is 16.3 Å². The van der Waals surface area contributed by atoms with E-state index in [1.54, 1.807) is 5.38 Å². The highest BCUT2D eigenvalue weighted by Crippen LogP contribution is 2.28. The van der Waals surface area contributed by atoms with Crippen LogP contribution in [0, 0.1) is 22.9 Å². The number of benzene rings is 2. The van der Waals surface area contributed by atoms with E-state index < -0.39 is 10.7 Å². The van der Waals surface area contributed by atoms with Gasteiger partial charge in [0.25, 0.3) is 0 Å². The zero-order valence-corrected chi connectivity index (χ0v) is 15.7. The molecule has 1 heterocycles. The lowest BCUT2D eigenvalue weighted by Gasteiger charge is -2.05. The number of ether oxygens (including phenoxy) is 1. The van der Waals surface area contributed by atoms with Crippen LogP contribution in [0.4, 0.5) is 15.8 Å². The number of rotatable bonds is 7. The highest BCUT2D eigenvalue weighted by atomic mass is 32.1. The van der Waals surface area contributed by atoms with Crippen molar-refractivity contribution in [1.82, 2.24) is 4.98 Å². The Bertz CT molecular complexity index is 1000. The molecule has 28 heavy (non-hydrogen) atoms. The third kappa shape index (κ3) is 5.10. The molecule has 0 aliphatic heterocycles. The van der Waals surface area contributed by atoms with Crippen molar-refractivity contribution in [3.8, 4) is 5.75 Å². The number of aromatic nitrogens is 1. The first-order valence-electron chi connectivity index (χ1n) is 8.27. The fourth-order valence-corrected chi connectivity index (χ4v) is 3.16. The second-order valence-corrected chi connectivity index (χ2v) is 6.92. The Labute approximate surface area is 164 Å². The van der Waals surface area contributed by atoms with Crippen LogP contribution < -0.4 is 10.1 Å². The highest BCUT2D eigenvalue weighted by molar-refractivity contribution is 7.09. The molecule has 0 spiro atoms. The maximum absolute atomic E-state index is 13.3. The minimum absolute atomic E-state index is 0.0691. The van der Waals surface area contributed by atoms with Crippen molar-refractivity contribution < 1.29 is 18.8 Å². The molecule has 0 unspecified atom stereocenters. The monoisotopic (exact) mass is 401 g/mol. The van der Waals surface area contributed by atoms with Gasteiger partial charge < -0.3 is 10.1 Å². The zero-order valence-electron chi connectivity index (χ0n) is 14.8. The molecule has 3 aromatic rings. The van der Waals surface area contributed by atoms with Crippen molar-refractivity contribution in [1.29, 1.82) is 0 Å². The minimum Gasteiger partial charge on any atom is -0.480 e. The molecule has 0 aliphatic rings. The van der Waals surface area contributed by atoms with Gasteiger partial charge in [0.2, 0.25) is 5.91 Å². The Morgan fingerprint density at radius 1 is 1.29 bits per heavy atom. The largest absolute Gasteiger partial charge is 0.480 e. The molecule has 9 heteroatoms. The van der Waals surface area contributed by atoms with Gasteiger partial charge in [-0.15, -0.1) is 11.3 Å². The summed E-state index contributed by atoms with van der Waals surface area (Å²) in [5.74, 6) is -1.00. The Morgan fingerprint density at radius 3 is 2.75 bits per heavy atom. The van der Waals surface area contributed by atoms with Gasteiger partial charge in [0.1, 0.15) is 17.4 Å². The van der Waals surface area contributed by atoms with E-state index in [0.717, 1.165) is 23.8 Å². The lowest BCUT2D eigenvalue weighted by Crippen LogP contribution is -2.14. The number of halogens is 1. The van der Waals surface area contributed by atoms with Crippen LogP contribution in [-0.2, 0) is 17.8 Å². The first-order chi connectivity index (χ1) is 13.4. The number of carbonyl (C=O) groups excluding carboxylic acids is 1. The molecule has 0 atom stereocenters. The summed E-state index contributed by atoms with van der Waals surface area (Å²) >= 11 is 1.28. The van der Waals surface area contributed by atoms with Crippen LogP contribution >= 0.6 is 11.3 Å². The number of anilines is 1. The predicted molar refractivity (Wildman–Crippen MR) is 103 cm³/mol. The van der Waals surface area contributed by atoms with Crippen LogP contribution in [0.15, 0.2) is 47.8 Å². The fraction of sp³-hybridized carbons (Fsp3) is 0.158. The molecule has 7 nitrogen and oxygen atoms in total. The molecule has 1 amide bonds. The third-order valence-corrected chi connectivity index (χ3v) is 4.64. The Kier molecular flexibility index (Phi) is 5.95. The fourth-order valence-electron chi connectivity index (χ4n) is 2.38. The lowest BCUT2D eigenvalue weighted by molar-refractivity contribution is -0.386. The number of hydrogen-bond acceptors (Lipinski definition) is 6. The lowest BCUT2D eigenvalue weighted by atomic mass is 10.2. The Balaban J connectivity index is 1.58. The van der Waals surface area contributed by atoms with E-state index in [9.17, 15) is 19.3 Å². The number of hydrogen-bond donors (Lipinski definition) is 1. The average Bonchev–Trinajstić information content (AvgIpc) is 3.09. The van der Waals surface area contributed by atoms with E-state index in [0.29, 0.717) is 16.4 Å². The van der Waals surface area contributed by atoms with Crippen LogP contribution in [0.2, 0.25) is 0 Å². The summed E-state index contributed by atoms with van der Waals surface area (Å²) in [5, 5.41) is 16.0. The standard InChI is InChI=1S/C19H16FN3O4S/c1-12-2-5-14(6-3-12)21-18(24)9-19-22-15(11-28-19)10-27-17-8-13(20)4-7-16(17)23(25)26/h2-8,11H,9-10H2,1H3,(H,21,24). The van der Waals surface area contributed by atoms with E-state index in [-0.39, 0.29) is 30.4 Å². The molecule has 0 saturated carbocycles. The van der Waals surface area contributed by atoms with Crippen LogP contribution in [0.3, 0.4) is 0 Å². The third-order valence-electron chi connectivity index (χ3n) is 3.74. The molecule has 0 bridgehead atoms. The molecule has 0 radical (unpaired) electrons. The van der Waals surface area contributed by atoms with Crippen molar-refractivity contribution in [2.75, 3.05) is 5.32 Å². The number of thiazole rings is 1. The molecule has 0 saturated heterocycles. The van der Waals surface area contributed by atoms with E-state index in [4.69, 9.17) is 4.74 Å². The summed E-state index contributed by atoms with van der Waals surface area (Å²) in [7, 11) is 0. The Hall–Kier alpha value is -3.33. The SMILES string of the molecule is Cc1ccc(NC(=O)Cc2nc(COc3cc(F)ccc3[N+](=O)[O-])cs2)cc1. The summed E-state index contributed by atoms with van der Waals surface area (Å²) in [6, 6.07) is 10.5. The van der Waals surface area contributed by atoms with Gasteiger partial charge in [-0.25, -0.2) is 9.37 Å². The van der Waals surface area contributed by atoms with E-state index in [1.165, 1.54) is 11.3 Å². The maximum Gasteiger partial charge on any atom is 0.311 e. The van der Waals surface area contributed by atoms with Crippen LogP contribution in [0.25, 0.3) is 0 Å². The van der Waals surface area contributed by atoms with Crippen molar-refractivity contribution >= 4 is 28.6 Å². The number of carbonyl (C=O) groups is 1.